The van der Waals surface area contributed by atoms with Crippen LogP contribution in [-0.2, 0) is 0 Å². The van der Waals surface area contributed by atoms with Gasteiger partial charge in [0.1, 0.15) is 0 Å². The lowest BCUT2D eigenvalue weighted by Crippen LogP contribution is -2.06. The summed E-state index contributed by atoms with van der Waals surface area (Å²) in [6.45, 7) is 6.55. The number of rotatable bonds is 2. The Balaban J connectivity index is 2.46. The first-order valence-corrected chi connectivity index (χ1v) is 7.40. The van der Waals surface area contributed by atoms with Crippen LogP contribution in [0.5, 0.6) is 0 Å². The van der Waals surface area contributed by atoms with Crippen LogP contribution >= 0.6 is 23.4 Å². The number of thioether (sulfide) groups is 1. The van der Waals surface area contributed by atoms with Gasteiger partial charge < -0.3 is 5.73 Å². The number of benzene rings is 2. The second kappa shape index (κ2) is 5.48. The molecule has 19 heavy (non-hydrogen) atoms. The highest BCUT2D eigenvalue weighted by Crippen LogP contribution is 2.41. The quantitative estimate of drug-likeness (QED) is 0.585. The van der Waals surface area contributed by atoms with Gasteiger partial charge in [0.05, 0.1) is 5.02 Å². The normalized spacial score (nSPS) is 11.6. The van der Waals surface area contributed by atoms with Crippen LogP contribution in [0.1, 0.15) is 20.8 Å². The lowest BCUT2D eigenvalue weighted by Gasteiger charge is -2.19. The maximum Gasteiger partial charge on any atom is 0.0620 e. The number of halogens is 1. The molecular formula is C16H18ClNS. The molecule has 0 aliphatic rings. The van der Waals surface area contributed by atoms with Crippen LogP contribution in [0.2, 0.25) is 5.02 Å². The van der Waals surface area contributed by atoms with Gasteiger partial charge in [-0.2, -0.15) is 0 Å². The summed E-state index contributed by atoms with van der Waals surface area (Å²) in [6, 6.07) is 13.9. The highest BCUT2D eigenvalue weighted by Gasteiger charge is 2.16. The molecule has 0 aliphatic heterocycles. The van der Waals surface area contributed by atoms with Crippen LogP contribution in [0.15, 0.2) is 47.4 Å². The summed E-state index contributed by atoms with van der Waals surface area (Å²) < 4.78 is 0.137. The first-order valence-electron chi connectivity index (χ1n) is 6.20. The Hall–Kier alpha value is -1.12. The van der Waals surface area contributed by atoms with Crippen LogP contribution in [0.4, 0.5) is 5.69 Å². The molecule has 0 unspecified atom stereocenters. The molecular weight excluding hydrogens is 274 g/mol. The second-order valence-electron chi connectivity index (χ2n) is 5.46. The number of hydrogen-bond acceptors (Lipinski definition) is 2. The summed E-state index contributed by atoms with van der Waals surface area (Å²) in [4.78, 5) is 1.11. The highest BCUT2D eigenvalue weighted by atomic mass is 35.5. The Labute approximate surface area is 124 Å². The third kappa shape index (κ3) is 3.68. The van der Waals surface area contributed by atoms with Crippen molar-refractivity contribution in [1.29, 1.82) is 0 Å². The molecule has 0 aliphatic carbocycles. The molecule has 0 atom stereocenters. The van der Waals surface area contributed by atoms with E-state index in [9.17, 15) is 0 Å². The van der Waals surface area contributed by atoms with Crippen molar-refractivity contribution in [2.24, 2.45) is 0 Å². The van der Waals surface area contributed by atoms with Gasteiger partial charge in [-0.05, 0) is 23.8 Å². The minimum absolute atomic E-state index is 0.137. The van der Waals surface area contributed by atoms with Crippen molar-refractivity contribution in [2.75, 3.05) is 5.73 Å². The van der Waals surface area contributed by atoms with Crippen LogP contribution in [0.25, 0.3) is 11.1 Å². The molecule has 2 aromatic carbocycles. The molecule has 0 heterocycles. The Morgan fingerprint density at radius 2 is 1.74 bits per heavy atom. The summed E-state index contributed by atoms with van der Waals surface area (Å²) in [5.74, 6) is 0. The molecule has 1 nitrogen and oxygen atoms in total. The van der Waals surface area contributed by atoms with Crippen LogP contribution in [0, 0.1) is 0 Å². The molecule has 0 bridgehead atoms. The molecule has 0 aromatic heterocycles. The van der Waals surface area contributed by atoms with E-state index in [1.54, 1.807) is 11.8 Å². The average Bonchev–Trinajstić information content (AvgIpc) is 2.30. The fourth-order valence-electron chi connectivity index (χ4n) is 1.85. The molecule has 0 saturated heterocycles. The number of nitrogen functional groups attached to an aromatic ring is 1. The summed E-state index contributed by atoms with van der Waals surface area (Å²) in [7, 11) is 0. The van der Waals surface area contributed by atoms with Crippen LogP contribution < -0.4 is 5.73 Å². The SMILES string of the molecule is CC(C)(C)Sc1cccc(-c2cccc(N)c2)c1Cl. The highest BCUT2D eigenvalue weighted by molar-refractivity contribution is 8.00. The zero-order valence-corrected chi connectivity index (χ0v) is 13.0. The van der Waals surface area contributed by atoms with Gasteiger partial charge in [0.25, 0.3) is 0 Å². The van der Waals surface area contributed by atoms with Crippen molar-refractivity contribution in [3.05, 3.63) is 47.5 Å². The molecule has 3 heteroatoms. The molecule has 0 saturated carbocycles. The van der Waals surface area contributed by atoms with E-state index in [4.69, 9.17) is 17.3 Å². The fraction of sp³-hybridized carbons (Fsp3) is 0.250. The van der Waals surface area contributed by atoms with Gasteiger partial charge in [0.15, 0.2) is 0 Å². The Morgan fingerprint density at radius 1 is 1.05 bits per heavy atom. The molecule has 0 amide bonds. The lowest BCUT2D eigenvalue weighted by atomic mass is 10.1. The predicted molar refractivity (Wildman–Crippen MR) is 86.9 cm³/mol. The van der Waals surface area contributed by atoms with Crippen molar-refractivity contribution in [3.8, 4) is 11.1 Å². The average molecular weight is 292 g/mol. The van der Waals surface area contributed by atoms with E-state index >= 15 is 0 Å². The topological polar surface area (TPSA) is 26.0 Å². The molecule has 0 fully saturated rings. The fourth-order valence-corrected chi connectivity index (χ4v) is 3.21. The number of anilines is 1. The van der Waals surface area contributed by atoms with E-state index in [-0.39, 0.29) is 4.75 Å². The van der Waals surface area contributed by atoms with Crippen molar-refractivity contribution in [3.63, 3.8) is 0 Å². The summed E-state index contributed by atoms with van der Waals surface area (Å²) >= 11 is 8.32. The molecule has 0 spiro atoms. The zero-order chi connectivity index (χ0) is 14.0. The Bertz CT molecular complexity index is 588. The molecule has 2 N–H and O–H groups in total. The van der Waals surface area contributed by atoms with Crippen LogP contribution in [0.3, 0.4) is 0 Å². The summed E-state index contributed by atoms with van der Waals surface area (Å²) in [5.41, 5.74) is 8.68. The van der Waals surface area contributed by atoms with Gasteiger partial charge in [-0.3, -0.25) is 0 Å². The van der Waals surface area contributed by atoms with E-state index in [1.807, 2.05) is 36.4 Å². The second-order valence-corrected chi connectivity index (χ2v) is 7.70. The summed E-state index contributed by atoms with van der Waals surface area (Å²) in [6.07, 6.45) is 0. The summed E-state index contributed by atoms with van der Waals surface area (Å²) in [5, 5.41) is 0.799. The standard InChI is InChI=1S/C16H18ClNS/c1-16(2,3)19-14-9-5-8-13(15(14)17)11-6-4-7-12(18)10-11/h4-10H,18H2,1-3H3. The smallest absolute Gasteiger partial charge is 0.0620 e. The number of hydrogen-bond donors (Lipinski definition) is 1. The van der Waals surface area contributed by atoms with Crippen molar-refractivity contribution >= 4 is 29.1 Å². The predicted octanol–water partition coefficient (Wildman–Crippen LogP) is 5.48. The van der Waals surface area contributed by atoms with Crippen molar-refractivity contribution in [2.45, 2.75) is 30.4 Å². The first kappa shape index (κ1) is 14.3. The Morgan fingerprint density at radius 3 is 2.37 bits per heavy atom. The molecule has 100 valence electrons. The maximum atomic E-state index is 6.54. The van der Waals surface area contributed by atoms with E-state index in [0.717, 1.165) is 26.7 Å². The van der Waals surface area contributed by atoms with Crippen molar-refractivity contribution < 1.29 is 0 Å². The first-order chi connectivity index (χ1) is 8.87. The maximum absolute atomic E-state index is 6.54. The lowest BCUT2D eigenvalue weighted by molar-refractivity contribution is 0.803. The van der Waals surface area contributed by atoms with Gasteiger partial charge in [-0.15, -0.1) is 11.8 Å². The van der Waals surface area contributed by atoms with Gasteiger partial charge in [0, 0.05) is 20.9 Å². The van der Waals surface area contributed by atoms with Gasteiger partial charge >= 0.3 is 0 Å². The minimum atomic E-state index is 0.137. The van der Waals surface area contributed by atoms with Gasteiger partial charge in [0.2, 0.25) is 0 Å². The van der Waals surface area contributed by atoms with E-state index in [0.29, 0.717) is 0 Å². The molecule has 0 radical (unpaired) electrons. The van der Waals surface area contributed by atoms with E-state index in [1.165, 1.54) is 0 Å². The third-order valence-electron chi connectivity index (χ3n) is 2.58. The molecule has 2 aromatic rings. The number of nitrogens with two attached hydrogens (primary N) is 1. The van der Waals surface area contributed by atoms with Gasteiger partial charge in [-0.1, -0.05) is 56.6 Å². The monoisotopic (exact) mass is 291 g/mol. The van der Waals surface area contributed by atoms with Crippen molar-refractivity contribution in [1.82, 2.24) is 0 Å². The molecule has 2 rings (SSSR count). The van der Waals surface area contributed by atoms with Gasteiger partial charge in [-0.25, -0.2) is 0 Å². The largest absolute Gasteiger partial charge is 0.399 e. The Kier molecular flexibility index (Phi) is 4.12. The van der Waals surface area contributed by atoms with E-state index in [2.05, 4.69) is 26.8 Å². The van der Waals surface area contributed by atoms with Crippen LogP contribution in [-0.4, -0.2) is 4.75 Å². The minimum Gasteiger partial charge on any atom is -0.399 e. The third-order valence-corrected chi connectivity index (χ3v) is 4.27. The zero-order valence-electron chi connectivity index (χ0n) is 11.4. The van der Waals surface area contributed by atoms with E-state index < -0.39 is 0 Å².